The monoisotopic (exact) mass is 663 g/mol. The Morgan fingerprint density at radius 2 is 1.37 bits per heavy atom. The number of hydrogen-bond donors (Lipinski definition) is 7. The maximum Gasteiger partial charge on any atom is 0.255 e. The van der Waals surface area contributed by atoms with E-state index in [0.717, 1.165) is 56.3 Å². The highest BCUT2D eigenvalue weighted by Gasteiger charge is 2.20. The first-order chi connectivity index (χ1) is 17.5. The summed E-state index contributed by atoms with van der Waals surface area (Å²) in [6, 6.07) is 12.1. The molecule has 2 aromatic carbocycles. The summed E-state index contributed by atoms with van der Waals surface area (Å²) in [5, 5.41) is 16.6. The van der Waals surface area contributed by atoms with Gasteiger partial charge in [0.15, 0.2) is 0 Å². The van der Waals surface area contributed by atoms with Crippen LogP contribution in [-0.2, 0) is 0 Å². The van der Waals surface area contributed by atoms with Gasteiger partial charge in [0.2, 0.25) is 17.8 Å². The Labute approximate surface area is 261 Å². The largest absolute Gasteiger partial charge is 0.506 e. The van der Waals surface area contributed by atoms with E-state index in [1.807, 2.05) is 6.07 Å². The number of nitrogens with one attached hydrogen (secondary N) is 2. The van der Waals surface area contributed by atoms with Crippen LogP contribution in [0.15, 0.2) is 46.9 Å². The van der Waals surface area contributed by atoms with Crippen LogP contribution in [0.4, 0.5) is 29.2 Å². The number of phenolic OH excluding ortho intramolecular Hbond substituents is 1. The number of anilines is 5. The van der Waals surface area contributed by atoms with Crippen molar-refractivity contribution >= 4 is 63.5 Å². The fourth-order valence-electron chi connectivity index (χ4n) is 4.55. The van der Waals surface area contributed by atoms with Crippen molar-refractivity contribution in [3.63, 3.8) is 0 Å². The second-order valence-electron chi connectivity index (χ2n) is 9.18. The first-order valence-corrected chi connectivity index (χ1v) is 13.3. The van der Waals surface area contributed by atoms with Crippen molar-refractivity contribution in [2.75, 3.05) is 46.6 Å². The molecule has 15 N–H and O–H groups in total. The normalized spacial score (nSPS) is 14.1. The van der Waals surface area contributed by atoms with E-state index in [9.17, 15) is 9.90 Å². The van der Waals surface area contributed by atoms with Crippen molar-refractivity contribution in [3.8, 4) is 5.75 Å². The lowest BCUT2D eigenvalue weighted by Gasteiger charge is -2.30. The van der Waals surface area contributed by atoms with Crippen LogP contribution in [0, 0.1) is 0 Å². The predicted molar refractivity (Wildman–Crippen MR) is 181 cm³/mol. The first kappa shape index (κ1) is 37.7. The van der Waals surface area contributed by atoms with Gasteiger partial charge < -0.3 is 50.1 Å². The molecule has 2 aliphatic heterocycles. The fraction of sp³-hybridized carbons (Fsp3) is 0.385. The van der Waals surface area contributed by atoms with E-state index >= 15 is 0 Å². The number of aromatic hydroxyl groups is 1. The minimum Gasteiger partial charge on any atom is -0.506 e. The zero-order valence-electron chi connectivity index (χ0n) is 23.3. The van der Waals surface area contributed by atoms with Crippen molar-refractivity contribution in [1.29, 1.82) is 0 Å². The smallest absolute Gasteiger partial charge is 0.255 e. The minimum absolute atomic E-state index is 0. The molecule has 236 valence electrons. The summed E-state index contributed by atoms with van der Waals surface area (Å²) in [5.74, 6) is 1.47. The molecular formula is C26H51BrClN11O2. The van der Waals surface area contributed by atoms with Crippen molar-refractivity contribution < 1.29 is 15.6 Å². The van der Waals surface area contributed by atoms with Crippen LogP contribution in [0.1, 0.15) is 54.6 Å². The van der Waals surface area contributed by atoms with Gasteiger partial charge in [-0.1, -0.05) is 22.0 Å². The summed E-state index contributed by atoms with van der Waals surface area (Å²) in [6.45, 7) is 3.76. The molecule has 0 radical (unpaired) electrons. The zero-order chi connectivity index (χ0) is 24.9. The third kappa shape index (κ3) is 9.66. The van der Waals surface area contributed by atoms with Gasteiger partial charge in [-0.2, -0.15) is 15.0 Å². The maximum absolute atomic E-state index is 12.6. The van der Waals surface area contributed by atoms with Gasteiger partial charge in [-0.25, -0.2) is 0 Å². The van der Waals surface area contributed by atoms with E-state index < -0.39 is 0 Å². The summed E-state index contributed by atoms with van der Waals surface area (Å²) in [6.07, 6.45) is 7.00. The van der Waals surface area contributed by atoms with Crippen molar-refractivity contribution in [3.05, 3.63) is 52.5 Å². The van der Waals surface area contributed by atoms with Crippen LogP contribution < -0.4 is 45.0 Å². The van der Waals surface area contributed by atoms with Crippen LogP contribution >= 0.6 is 28.3 Å². The molecule has 1 amide bonds. The molecular weight excluding hydrogens is 614 g/mol. The average Bonchev–Trinajstić information content (AvgIpc) is 2.91. The number of benzene rings is 2. The number of carbonyl (C=O) groups is 1. The number of piperidine rings is 2. The number of hydrogen-bond acceptors (Lipinski definition) is 12. The minimum atomic E-state index is -0.304. The van der Waals surface area contributed by atoms with E-state index in [1.165, 1.54) is 12.8 Å². The second kappa shape index (κ2) is 17.5. The number of rotatable bonds is 6. The van der Waals surface area contributed by atoms with Gasteiger partial charge in [-0.15, -0.1) is 12.4 Å². The Hall–Kier alpha value is -3.27. The lowest BCUT2D eigenvalue weighted by Crippen LogP contribution is -2.34. The zero-order valence-corrected chi connectivity index (χ0v) is 25.7. The van der Waals surface area contributed by atoms with Crippen LogP contribution in [0.25, 0.3) is 0 Å². The number of halogens is 2. The number of amides is 1. The molecule has 3 aromatic rings. The Kier molecular flexibility index (Phi) is 16.1. The van der Waals surface area contributed by atoms with Crippen molar-refractivity contribution in [2.45, 2.75) is 38.5 Å². The third-order valence-corrected chi connectivity index (χ3v) is 6.97. The Morgan fingerprint density at radius 3 is 1.88 bits per heavy atom. The molecule has 0 saturated carbocycles. The van der Waals surface area contributed by atoms with E-state index in [-0.39, 0.29) is 54.4 Å². The van der Waals surface area contributed by atoms with Gasteiger partial charge in [0, 0.05) is 53.7 Å². The quantitative estimate of drug-likeness (QED) is 0.128. The Balaban J connectivity index is -0.000000593. The van der Waals surface area contributed by atoms with Crippen LogP contribution in [-0.4, -0.2) is 52.1 Å². The summed E-state index contributed by atoms with van der Waals surface area (Å²) in [5.41, 5.74) is 1.43. The van der Waals surface area contributed by atoms with E-state index in [1.54, 1.807) is 36.4 Å². The Bertz CT molecular complexity index is 1230. The lowest BCUT2D eigenvalue weighted by atomic mass is 10.1. The highest BCUT2D eigenvalue weighted by atomic mass is 79.9. The first-order valence-electron chi connectivity index (χ1n) is 12.5. The summed E-state index contributed by atoms with van der Waals surface area (Å²) < 4.78 is 0.809. The SMILES string of the molecule is Cl.N.N.N.N.O=C(Nc1ccc(Nc2nc(N3CCCCC3)nc(N3CCCCC3)n2)cc1O)c1cccc(Br)c1.[HH].[HH].[HH].[HH]. The molecule has 1 aromatic heterocycles. The summed E-state index contributed by atoms with van der Waals surface area (Å²) in [4.78, 5) is 31.2. The molecule has 5 rings (SSSR count). The molecule has 13 nitrogen and oxygen atoms in total. The number of aromatic nitrogens is 3. The second-order valence-corrected chi connectivity index (χ2v) is 10.1. The van der Waals surface area contributed by atoms with Gasteiger partial charge in [0.05, 0.1) is 5.69 Å². The number of carbonyl (C=O) groups excluding carboxylic acids is 1. The van der Waals surface area contributed by atoms with Crippen LogP contribution in [0.3, 0.4) is 0 Å². The molecule has 2 aliphatic rings. The Morgan fingerprint density at radius 1 is 0.805 bits per heavy atom. The number of phenols is 1. The number of nitrogens with zero attached hydrogens (tertiary/aromatic N) is 5. The van der Waals surface area contributed by atoms with E-state index in [0.29, 0.717) is 34.8 Å². The van der Waals surface area contributed by atoms with Gasteiger partial charge in [0.1, 0.15) is 5.75 Å². The van der Waals surface area contributed by atoms with Crippen molar-refractivity contribution in [1.82, 2.24) is 39.6 Å². The average molecular weight is 665 g/mol. The molecule has 2 saturated heterocycles. The molecule has 0 aliphatic carbocycles. The fourth-order valence-corrected chi connectivity index (χ4v) is 4.95. The molecule has 0 atom stereocenters. The van der Waals surface area contributed by atoms with Crippen LogP contribution in [0.5, 0.6) is 5.75 Å². The highest BCUT2D eigenvalue weighted by molar-refractivity contribution is 9.10. The molecule has 2 fully saturated rings. The topological polar surface area (TPSA) is 247 Å². The van der Waals surface area contributed by atoms with Gasteiger partial charge >= 0.3 is 0 Å². The standard InChI is InChI=1S/C26H30BrN7O2.ClH.4H3N.4H2/c27-19-9-7-8-18(16-19)23(36)29-21-11-10-20(17-22(21)35)28-24-30-25(33-12-3-1-4-13-33)32-26(31-24)34-14-5-2-6-15-34;;;;;;;;;/h7-11,16-17,35H,1-6,12-15H2,(H,29,36)(H,28,30,31,32);1H;4*1H3;4*1H. The molecule has 15 heteroatoms. The van der Waals surface area contributed by atoms with Gasteiger partial charge in [-0.05, 0) is 68.9 Å². The van der Waals surface area contributed by atoms with E-state index in [4.69, 9.17) is 15.0 Å². The van der Waals surface area contributed by atoms with Crippen molar-refractivity contribution in [2.24, 2.45) is 0 Å². The van der Waals surface area contributed by atoms with Crippen LogP contribution in [0.2, 0.25) is 0 Å². The van der Waals surface area contributed by atoms with Gasteiger partial charge in [0.25, 0.3) is 5.91 Å². The molecule has 0 unspecified atom stereocenters. The molecule has 0 spiro atoms. The lowest BCUT2D eigenvalue weighted by molar-refractivity contribution is 0.102. The third-order valence-electron chi connectivity index (χ3n) is 6.48. The highest BCUT2D eigenvalue weighted by Crippen LogP contribution is 2.30. The van der Waals surface area contributed by atoms with E-state index in [2.05, 4.69) is 36.4 Å². The van der Waals surface area contributed by atoms with Gasteiger partial charge in [-0.3, -0.25) is 4.79 Å². The summed E-state index contributed by atoms with van der Waals surface area (Å²) in [7, 11) is 0. The predicted octanol–water partition coefficient (Wildman–Crippen LogP) is 7.37. The summed E-state index contributed by atoms with van der Waals surface area (Å²) >= 11 is 3.37. The molecule has 41 heavy (non-hydrogen) atoms. The maximum atomic E-state index is 12.6. The molecule has 3 heterocycles. The molecule has 0 bridgehead atoms.